The summed E-state index contributed by atoms with van der Waals surface area (Å²) in [5, 5.41) is 3.39. The van der Waals surface area contributed by atoms with Gasteiger partial charge >= 0.3 is 0 Å². The van der Waals surface area contributed by atoms with E-state index in [0.717, 1.165) is 19.6 Å². The molecule has 14 heavy (non-hydrogen) atoms. The van der Waals surface area contributed by atoms with E-state index in [1.807, 2.05) is 4.90 Å². The number of nitrogens with zero attached hydrogens (tertiary/aromatic N) is 1. The van der Waals surface area contributed by atoms with Crippen LogP contribution < -0.4 is 5.32 Å². The fourth-order valence-corrected chi connectivity index (χ4v) is 2.91. The second-order valence-electron chi connectivity index (χ2n) is 4.83. The number of likely N-dealkylation sites (tertiary alicyclic amines) is 1. The fourth-order valence-electron chi connectivity index (χ4n) is 2.91. The minimum absolute atomic E-state index is 0.0144. The molecule has 3 nitrogen and oxygen atoms in total. The fraction of sp³-hybridized carbons (Fsp3) is 0.727. The molecule has 1 amide bonds. The molecule has 2 saturated heterocycles. The van der Waals surface area contributed by atoms with Gasteiger partial charge in [0, 0.05) is 25.2 Å². The summed E-state index contributed by atoms with van der Waals surface area (Å²) in [6, 6.07) is 0. The van der Waals surface area contributed by atoms with Crippen molar-refractivity contribution in [1.82, 2.24) is 10.2 Å². The lowest BCUT2D eigenvalue weighted by Gasteiger charge is -2.34. The molecule has 0 aromatic rings. The maximum atomic E-state index is 11.6. The zero-order valence-electron chi connectivity index (χ0n) is 8.92. The summed E-state index contributed by atoms with van der Waals surface area (Å²) < 4.78 is 0. The van der Waals surface area contributed by atoms with Crippen molar-refractivity contribution in [3.05, 3.63) is 12.7 Å². The van der Waals surface area contributed by atoms with Crippen molar-refractivity contribution in [3.8, 4) is 0 Å². The number of nitrogens with one attached hydrogen (secondary N) is 1. The van der Waals surface area contributed by atoms with Crippen molar-refractivity contribution in [2.24, 2.45) is 11.8 Å². The van der Waals surface area contributed by atoms with Crippen LogP contribution in [0.2, 0.25) is 0 Å². The van der Waals surface area contributed by atoms with Gasteiger partial charge in [-0.2, -0.15) is 0 Å². The molecule has 2 fully saturated rings. The standard InChI is InChI=1S/C11H18N2O/c1-4-10(14)13-7-8-5-12-6-9(8)11(13,2)3/h4,8-9,12H,1,5-7H2,2-3H3. The van der Waals surface area contributed by atoms with E-state index in [0.29, 0.717) is 11.8 Å². The molecule has 0 radical (unpaired) electrons. The van der Waals surface area contributed by atoms with Crippen LogP contribution in [0, 0.1) is 11.8 Å². The van der Waals surface area contributed by atoms with E-state index in [1.54, 1.807) is 0 Å². The van der Waals surface area contributed by atoms with Crippen LogP contribution in [-0.2, 0) is 4.79 Å². The Morgan fingerprint density at radius 1 is 1.57 bits per heavy atom. The van der Waals surface area contributed by atoms with E-state index in [-0.39, 0.29) is 11.4 Å². The van der Waals surface area contributed by atoms with E-state index in [4.69, 9.17) is 0 Å². The number of carbonyl (C=O) groups is 1. The molecule has 2 rings (SSSR count). The highest BCUT2D eigenvalue weighted by atomic mass is 16.2. The summed E-state index contributed by atoms with van der Waals surface area (Å²) in [4.78, 5) is 13.6. The van der Waals surface area contributed by atoms with E-state index < -0.39 is 0 Å². The third-order valence-electron chi connectivity index (χ3n) is 3.80. The number of rotatable bonds is 1. The van der Waals surface area contributed by atoms with E-state index >= 15 is 0 Å². The van der Waals surface area contributed by atoms with E-state index in [1.165, 1.54) is 6.08 Å². The Morgan fingerprint density at radius 2 is 2.29 bits per heavy atom. The Labute approximate surface area is 85.2 Å². The van der Waals surface area contributed by atoms with Gasteiger partial charge in [0.25, 0.3) is 0 Å². The Balaban J connectivity index is 2.23. The van der Waals surface area contributed by atoms with Crippen LogP contribution in [0.4, 0.5) is 0 Å². The van der Waals surface area contributed by atoms with Gasteiger partial charge in [-0.1, -0.05) is 6.58 Å². The molecule has 1 N–H and O–H groups in total. The lowest BCUT2D eigenvalue weighted by molar-refractivity contribution is -0.129. The number of carbonyl (C=O) groups excluding carboxylic acids is 1. The first-order valence-corrected chi connectivity index (χ1v) is 5.22. The first-order valence-electron chi connectivity index (χ1n) is 5.22. The van der Waals surface area contributed by atoms with Gasteiger partial charge in [0.15, 0.2) is 0 Å². The molecular formula is C11H18N2O. The topological polar surface area (TPSA) is 32.3 Å². The Bertz CT molecular complexity index is 272. The van der Waals surface area contributed by atoms with Crippen LogP contribution >= 0.6 is 0 Å². The van der Waals surface area contributed by atoms with Gasteiger partial charge < -0.3 is 10.2 Å². The maximum absolute atomic E-state index is 11.6. The number of fused-ring (bicyclic) bond motifs is 1. The van der Waals surface area contributed by atoms with Crippen molar-refractivity contribution in [1.29, 1.82) is 0 Å². The first kappa shape index (κ1) is 9.71. The molecule has 0 aliphatic carbocycles. The molecule has 0 aromatic carbocycles. The Hall–Kier alpha value is -0.830. The predicted octanol–water partition coefficient (Wildman–Crippen LogP) is 0.629. The maximum Gasteiger partial charge on any atom is 0.246 e. The van der Waals surface area contributed by atoms with E-state index in [2.05, 4.69) is 25.7 Å². The van der Waals surface area contributed by atoms with Gasteiger partial charge in [0.2, 0.25) is 5.91 Å². The first-order chi connectivity index (χ1) is 6.57. The van der Waals surface area contributed by atoms with Crippen LogP contribution in [0.25, 0.3) is 0 Å². The third-order valence-corrected chi connectivity index (χ3v) is 3.80. The van der Waals surface area contributed by atoms with Gasteiger partial charge in [-0.15, -0.1) is 0 Å². The molecule has 3 heteroatoms. The largest absolute Gasteiger partial charge is 0.333 e. The molecule has 0 saturated carbocycles. The average molecular weight is 194 g/mol. The van der Waals surface area contributed by atoms with Crippen LogP contribution in [0.15, 0.2) is 12.7 Å². The van der Waals surface area contributed by atoms with Crippen molar-refractivity contribution in [2.45, 2.75) is 19.4 Å². The molecule has 2 heterocycles. The van der Waals surface area contributed by atoms with Crippen LogP contribution in [0.1, 0.15) is 13.8 Å². The van der Waals surface area contributed by atoms with Crippen molar-refractivity contribution in [3.63, 3.8) is 0 Å². The lowest BCUT2D eigenvalue weighted by Crippen LogP contribution is -2.46. The molecule has 2 aliphatic rings. The Morgan fingerprint density at radius 3 is 2.86 bits per heavy atom. The van der Waals surface area contributed by atoms with Crippen molar-refractivity contribution >= 4 is 5.91 Å². The summed E-state index contributed by atoms with van der Waals surface area (Å²) in [6.45, 7) is 10.9. The molecule has 2 unspecified atom stereocenters. The lowest BCUT2D eigenvalue weighted by atomic mass is 9.85. The van der Waals surface area contributed by atoms with Gasteiger partial charge in [0.1, 0.15) is 0 Å². The van der Waals surface area contributed by atoms with E-state index in [9.17, 15) is 4.79 Å². The van der Waals surface area contributed by atoms with Gasteiger partial charge in [-0.05, 0) is 31.8 Å². The number of amides is 1. The number of hydrogen-bond acceptors (Lipinski definition) is 2. The van der Waals surface area contributed by atoms with Gasteiger partial charge in [0.05, 0.1) is 0 Å². The minimum atomic E-state index is -0.0144. The van der Waals surface area contributed by atoms with Gasteiger partial charge in [-0.25, -0.2) is 0 Å². The zero-order valence-corrected chi connectivity index (χ0v) is 8.92. The van der Waals surface area contributed by atoms with Crippen LogP contribution in [0.5, 0.6) is 0 Å². The number of hydrogen-bond donors (Lipinski definition) is 1. The second kappa shape index (κ2) is 3.09. The van der Waals surface area contributed by atoms with Crippen LogP contribution in [-0.4, -0.2) is 36.0 Å². The zero-order chi connectivity index (χ0) is 10.3. The summed E-state index contributed by atoms with van der Waals surface area (Å²) in [5.74, 6) is 1.31. The molecule has 0 spiro atoms. The highest BCUT2D eigenvalue weighted by Gasteiger charge is 2.50. The minimum Gasteiger partial charge on any atom is -0.333 e. The van der Waals surface area contributed by atoms with Crippen molar-refractivity contribution < 1.29 is 4.79 Å². The predicted molar refractivity (Wildman–Crippen MR) is 55.8 cm³/mol. The molecule has 2 aliphatic heterocycles. The average Bonchev–Trinajstić information content (AvgIpc) is 2.68. The quantitative estimate of drug-likeness (QED) is 0.621. The highest BCUT2D eigenvalue weighted by molar-refractivity contribution is 5.88. The smallest absolute Gasteiger partial charge is 0.246 e. The summed E-state index contributed by atoms with van der Waals surface area (Å²) in [5.41, 5.74) is -0.0144. The summed E-state index contributed by atoms with van der Waals surface area (Å²) in [7, 11) is 0. The third kappa shape index (κ3) is 1.19. The highest BCUT2D eigenvalue weighted by Crippen LogP contribution is 2.40. The van der Waals surface area contributed by atoms with Gasteiger partial charge in [-0.3, -0.25) is 4.79 Å². The summed E-state index contributed by atoms with van der Waals surface area (Å²) >= 11 is 0. The normalized spacial score (nSPS) is 34.3. The molecule has 0 aromatic heterocycles. The monoisotopic (exact) mass is 194 g/mol. The molecular weight excluding hydrogens is 176 g/mol. The molecule has 78 valence electrons. The molecule has 0 bridgehead atoms. The van der Waals surface area contributed by atoms with Crippen LogP contribution in [0.3, 0.4) is 0 Å². The molecule has 2 atom stereocenters. The Kier molecular flexibility index (Phi) is 2.14. The summed E-state index contributed by atoms with van der Waals surface area (Å²) in [6.07, 6.45) is 1.43. The SMILES string of the molecule is C=CC(=O)N1CC2CNCC2C1(C)C. The van der Waals surface area contributed by atoms with Crippen molar-refractivity contribution in [2.75, 3.05) is 19.6 Å². The second-order valence-corrected chi connectivity index (χ2v) is 4.83.